The Kier molecular flexibility index (Phi) is 4.76. The molecule has 2 unspecified atom stereocenters. The number of hydrogen-bond acceptors (Lipinski definition) is 3. The number of halogens is 2. The van der Waals surface area contributed by atoms with Crippen LogP contribution in [-0.2, 0) is 12.0 Å². The molecule has 5 rings (SSSR count). The average Bonchev–Trinajstić information content (AvgIpc) is 3.36. The van der Waals surface area contributed by atoms with Gasteiger partial charge < -0.3 is 0 Å². The van der Waals surface area contributed by atoms with Gasteiger partial charge in [0.05, 0.1) is 17.4 Å². The third-order valence-electron chi connectivity index (χ3n) is 6.72. The van der Waals surface area contributed by atoms with Crippen molar-refractivity contribution in [2.45, 2.75) is 57.4 Å². The number of aliphatic imine (C=N–C) groups is 1. The highest BCUT2D eigenvalue weighted by molar-refractivity contribution is 6.10. The summed E-state index contributed by atoms with van der Waals surface area (Å²) in [6.45, 7) is 4.73. The highest BCUT2D eigenvalue weighted by Gasteiger charge is 2.40. The van der Waals surface area contributed by atoms with E-state index in [0.29, 0.717) is 13.0 Å². The van der Waals surface area contributed by atoms with Gasteiger partial charge in [-0.2, -0.15) is 5.10 Å². The summed E-state index contributed by atoms with van der Waals surface area (Å²) in [5.74, 6) is -2.55. The number of allylic oxidation sites excluding steroid dienone is 2. The summed E-state index contributed by atoms with van der Waals surface area (Å²) < 4.78 is 29.0. The van der Waals surface area contributed by atoms with Crippen LogP contribution < -0.4 is 0 Å². The summed E-state index contributed by atoms with van der Waals surface area (Å²) in [6.07, 6.45) is 9.14. The lowest BCUT2D eigenvalue weighted by atomic mass is 9.72. The molecule has 2 aliphatic rings. The van der Waals surface area contributed by atoms with Crippen LogP contribution in [0.1, 0.15) is 50.7 Å². The van der Waals surface area contributed by atoms with Crippen LogP contribution in [0.25, 0.3) is 10.9 Å². The molecular formula is C25H26F2N4. The standard InChI is InChI=1S/C25H26F2N4/c1-17-7-9-24(2,21-14-29-31(16-21)15-18-8-10-25(26,27)13-18)23(30-17)20-6-5-19-4-3-11-28-22(19)12-20/h3-7,11-12,14,16,18H,8-10,13,15H2,1-2H3. The Hall–Kier alpha value is -2.89. The van der Waals surface area contributed by atoms with Gasteiger partial charge in [0.15, 0.2) is 0 Å². The molecule has 1 saturated carbocycles. The molecule has 31 heavy (non-hydrogen) atoms. The van der Waals surface area contributed by atoms with Gasteiger partial charge in [0.1, 0.15) is 0 Å². The first kappa shape index (κ1) is 20.0. The zero-order valence-corrected chi connectivity index (χ0v) is 17.9. The smallest absolute Gasteiger partial charge is 0.248 e. The van der Waals surface area contributed by atoms with Crippen LogP contribution in [0.5, 0.6) is 0 Å². The molecule has 1 aliphatic heterocycles. The normalized spacial score (nSPS) is 25.5. The minimum Gasteiger partial charge on any atom is -0.272 e. The number of fused-ring (bicyclic) bond motifs is 1. The Bertz CT molecular complexity index is 1190. The van der Waals surface area contributed by atoms with E-state index in [0.717, 1.165) is 39.9 Å². The van der Waals surface area contributed by atoms with Gasteiger partial charge in [0.25, 0.3) is 0 Å². The van der Waals surface area contributed by atoms with Crippen molar-refractivity contribution in [2.75, 3.05) is 0 Å². The van der Waals surface area contributed by atoms with Crippen LogP contribution in [0.2, 0.25) is 0 Å². The maximum absolute atomic E-state index is 13.6. The maximum Gasteiger partial charge on any atom is 0.248 e. The second-order valence-corrected chi connectivity index (χ2v) is 9.17. The predicted molar refractivity (Wildman–Crippen MR) is 119 cm³/mol. The summed E-state index contributed by atoms with van der Waals surface area (Å²) in [5.41, 5.74) is 4.68. The summed E-state index contributed by atoms with van der Waals surface area (Å²) in [5, 5.41) is 5.62. The molecule has 6 heteroatoms. The molecule has 0 bridgehead atoms. The number of hydrogen-bond donors (Lipinski definition) is 0. The lowest BCUT2D eigenvalue weighted by Gasteiger charge is -2.32. The largest absolute Gasteiger partial charge is 0.272 e. The van der Waals surface area contributed by atoms with E-state index in [4.69, 9.17) is 4.99 Å². The first-order valence-corrected chi connectivity index (χ1v) is 10.8. The van der Waals surface area contributed by atoms with Gasteiger partial charge in [-0.05, 0) is 50.3 Å². The molecule has 3 heterocycles. The molecule has 2 atom stereocenters. The minimum absolute atomic E-state index is 0.0135. The van der Waals surface area contributed by atoms with Crippen molar-refractivity contribution in [3.05, 3.63) is 71.8 Å². The van der Waals surface area contributed by atoms with Crippen LogP contribution >= 0.6 is 0 Å². The van der Waals surface area contributed by atoms with E-state index in [1.165, 1.54) is 0 Å². The van der Waals surface area contributed by atoms with Crippen molar-refractivity contribution in [2.24, 2.45) is 10.9 Å². The number of aromatic nitrogens is 3. The monoisotopic (exact) mass is 420 g/mol. The number of benzene rings is 1. The Morgan fingerprint density at radius 2 is 2.10 bits per heavy atom. The molecule has 1 aliphatic carbocycles. The SMILES string of the molecule is CC1=CCC(C)(c2cnn(CC3CCC(F)(F)C3)c2)C(c2ccc3cccnc3c2)=N1. The first-order valence-electron chi connectivity index (χ1n) is 10.8. The minimum atomic E-state index is -2.53. The van der Waals surface area contributed by atoms with E-state index < -0.39 is 5.92 Å². The maximum atomic E-state index is 13.6. The molecule has 0 amide bonds. The fraction of sp³-hybridized carbons (Fsp3) is 0.400. The van der Waals surface area contributed by atoms with Crippen molar-refractivity contribution >= 4 is 16.6 Å². The molecule has 4 nitrogen and oxygen atoms in total. The van der Waals surface area contributed by atoms with Crippen LogP contribution in [0.15, 0.2) is 65.7 Å². The second-order valence-electron chi connectivity index (χ2n) is 9.17. The highest BCUT2D eigenvalue weighted by Crippen LogP contribution is 2.40. The van der Waals surface area contributed by atoms with E-state index in [-0.39, 0.29) is 24.2 Å². The van der Waals surface area contributed by atoms with Gasteiger partial charge >= 0.3 is 0 Å². The third kappa shape index (κ3) is 3.80. The van der Waals surface area contributed by atoms with Gasteiger partial charge in [-0.15, -0.1) is 0 Å². The summed E-state index contributed by atoms with van der Waals surface area (Å²) in [4.78, 5) is 9.44. The highest BCUT2D eigenvalue weighted by atomic mass is 19.3. The van der Waals surface area contributed by atoms with E-state index in [1.54, 1.807) is 6.20 Å². The van der Waals surface area contributed by atoms with Crippen LogP contribution in [-0.4, -0.2) is 26.4 Å². The van der Waals surface area contributed by atoms with Crippen molar-refractivity contribution in [1.29, 1.82) is 0 Å². The van der Waals surface area contributed by atoms with Gasteiger partial charge in [-0.25, -0.2) is 8.78 Å². The fourth-order valence-corrected chi connectivity index (χ4v) is 4.86. The molecule has 160 valence electrons. The average molecular weight is 421 g/mol. The second kappa shape index (κ2) is 7.36. The predicted octanol–water partition coefficient (Wildman–Crippen LogP) is 5.92. The Morgan fingerprint density at radius 1 is 1.23 bits per heavy atom. The summed E-state index contributed by atoms with van der Waals surface area (Å²) in [6, 6.07) is 10.3. The molecule has 1 aromatic carbocycles. The van der Waals surface area contributed by atoms with E-state index >= 15 is 0 Å². The van der Waals surface area contributed by atoms with Crippen LogP contribution in [0.4, 0.5) is 8.78 Å². The molecular weight excluding hydrogens is 394 g/mol. The molecule has 0 saturated heterocycles. The molecule has 0 radical (unpaired) electrons. The number of pyridine rings is 1. The van der Waals surface area contributed by atoms with E-state index in [1.807, 2.05) is 30.1 Å². The van der Waals surface area contributed by atoms with Gasteiger partial charge in [0.2, 0.25) is 5.92 Å². The molecule has 2 aromatic heterocycles. The lowest BCUT2D eigenvalue weighted by molar-refractivity contribution is 0.00422. The Morgan fingerprint density at radius 3 is 2.90 bits per heavy atom. The Labute approximate surface area is 180 Å². The lowest BCUT2D eigenvalue weighted by Crippen LogP contribution is -2.34. The first-order chi connectivity index (χ1) is 14.8. The zero-order chi connectivity index (χ0) is 21.6. The molecule has 3 aromatic rings. The van der Waals surface area contributed by atoms with Crippen molar-refractivity contribution in [3.63, 3.8) is 0 Å². The fourth-order valence-electron chi connectivity index (χ4n) is 4.86. The van der Waals surface area contributed by atoms with Gasteiger partial charge in [0, 0.05) is 53.8 Å². The van der Waals surface area contributed by atoms with Gasteiger partial charge in [-0.3, -0.25) is 14.7 Å². The van der Waals surface area contributed by atoms with Crippen LogP contribution in [0.3, 0.4) is 0 Å². The zero-order valence-electron chi connectivity index (χ0n) is 17.9. The molecule has 0 spiro atoms. The summed E-state index contributed by atoms with van der Waals surface area (Å²) >= 11 is 0. The topological polar surface area (TPSA) is 43.1 Å². The van der Waals surface area contributed by atoms with Crippen molar-refractivity contribution in [3.8, 4) is 0 Å². The third-order valence-corrected chi connectivity index (χ3v) is 6.72. The van der Waals surface area contributed by atoms with Crippen molar-refractivity contribution in [1.82, 2.24) is 14.8 Å². The number of nitrogens with zero attached hydrogens (tertiary/aromatic N) is 4. The number of rotatable bonds is 4. The quantitative estimate of drug-likeness (QED) is 0.526. The van der Waals surface area contributed by atoms with E-state index in [9.17, 15) is 8.78 Å². The van der Waals surface area contributed by atoms with Crippen LogP contribution in [0, 0.1) is 5.92 Å². The van der Waals surface area contributed by atoms with Crippen molar-refractivity contribution < 1.29 is 8.78 Å². The van der Waals surface area contributed by atoms with Gasteiger partial charge in [-0.1, -0.05) is 24.3 Å². The van der Waals surface area contributed by atoms with E-state index in [2.05, 4.69) is 47.3 Å². The molecule has 1 fully saturated rings. The Balaban J connectivity index is 1.47. The summed E-state index contributed by atoms with van der Waals surface area (Å²) in [7, 11) is 0. The molecule has 0 N–H and O–H groups in total. The number of alkyl halides is 2.